The van der Waals surface area contributed by atoms with Crippen LogP contribution < -0.4 is 0 Å². The lowest BCUT2D eigenvalue weighted by atomic mass is 10.3. The van der Waals surface area contributed by atoms with Crippen LogP contribution in [-0.4, -0.2) is 19.4 Å². The van der Waals surface area contributed by atoms with Crippen molar-refractivity contribution < 1.29 is 0 Å². The third kappa shape index (κ3) is 2.22. The van der Waals surface area contributed by atoms with Crippen molar-refractivity contribution >= 4 is 17.4 Å². The highest BCUT2D eigenvalue weighted by atomic mass is 32.2. The number of aryl methyl sites for hydroxylation is 1. The molecular weight excluding hydrogens is 244 g/mol. The first-order valence-electron chi connectivity index (χ1n) is 5.66. The second-order valence-corrected chi connectivity index (χ2v) is 4.92. The second-order valence-electron chi connectivity index (χ2n) is 3.97. The molecule has 0 unspecified atom stereocenters. The minimum Gasteiger partial charge on any atom is -0.307 e. The van der Waals surface area contributed by atoms with E-state index in [1.165, 1.54) is 5.56 Å². The van der Waals surface area contributed by atoms with Gasteiger partial charge in [0.05, 0.1) is 5.69 Å². The summed E-state index contributed by atoms with van der Waals surface area (Å²) in [6, 6.07) is 5.92. The molecular formula is C13H12N4S. The maximum absolute atomic E-state index is 4.61. The molecule has 3 heterocycles. The third-order valence-electron chi connectivity index (χ3n) is 2.62. The Balaban J connectivity index is 1.81. The number of nitrogens with zero attached hydrogens (tertiary/aromatic N) is 4. The molecule has 0 aromatic carbocycles. The van der Waals surface area contributed by atoms with Crippen LogP contribution in [0.5, 0.6) is 0 Å². The highest BCUT2D eigenvalue weighted by Crippen LogP contribution is 2.19. The highest BCUT2D eigenvalue weighted by molar-refractivity contribution is 7.98. The van der Waals surface area contributed by atoms with Crippen LogP contribution in [0, 0.1) is 6.92 Å². The number of aromatic nitrogens is 4. The van der Waals surface area contributed by atoms with Crippen molar-refractivity contribution in [1.29, 1.82) is 0 Å². The third-order valence-corrected chi connectivity index (χ3v) is 3.53. The fourth-order valence-corrected chi connectivity index (χ4v) is 2.46. The van der Waals surface area contributed by atoms with Crippen molar-refractivity contribution in [2.24, 2.45) is 0 Å². The number of fused-ring (bicyclic) bond motifs is 1. The number of rotatable bonds is 3. The van der Waals surface area contributed by atoms with E-state index in [4.69, 9.17) is 0 Å². The molecule has 18 heavy (non-hydrogen) atoms. The van der Waals surface area contributed by atoms with Gasteiger partial charge in [-0.1, -0.05) is 17.8 Å². The van der Waals surface area contributed by atoms with Crippen molar-refractivity contribution in [1.82, 2.24) is 19.4 Å². The molecule has 0 N–H and O–H groups in total. The van der Waals surface area contributed by atoms with Crippen LogP contribution in [-0.2, 0) is 5.75 Å². The molecule has 4 nitrogen and oxygen atoms in total. The van der Waals surface area contributed by atoms with Crippen LogP contribution in [0.3, 0.4) is 0 Å². The molecule has 0 amide bonds. The average molecular weight is 256 g/mol. The lowest BCUT2D eigenvalue weighted by Gasteiger charge is -1.95. The molecule has 3 aromatic rings. The summed E-state index contributed by atoms with van der Waals surface area (Å²) in [7, 11) is 0. The summed E-state index contributed by atoms with van der Waals surface area (Å²) in [4.78, 5) is 13.0. The summed E-state index contributed by atoms with van der Waals surface area (Å²) in [5.74, 6) is 0.783. The molecule has 0 aliphatic rings. The number of pyridine rings is 1. The van der Waals surface area contributed by atoms with Gasteiger partial charge in [0, 0.05) is 30.5 Å². The van der Waals surface area contributed by atoms with Gasteiger partial charge in [-0.3, -0.25) is 0 Å². The molecule has 0 radical (unpaired) electrons. The Morgan fingerprint density at radius 1 is 1.22 bits per heavy atom. The number of hydrogen-bond acceptors (Lipinski definition) is 4. The summed E-state index contributed by atoms with van der Waals surface area (Å²) in [6.07, 6.45) is 7.58. The predicted octanol–water partition coefficient (Wildman–Crippen LogP) is 2.73. The van der Waals surface area contributed by atoms with E-state index in [-0.39, 0.29) is 0 Å². The summed E-state index contributed by atoms with van der Waals surface area (Å²) in [5.41, 5.74) is 3.24. The zero-order chi connectivity index (χ0) is 12.4. The van der Waals surface area contributed by atoms with Crippen LogP contribution in [0.1, 0.15) is 11.3 Å². The highest BCUT2D eigenvalue weighted by Gasteiger charge is 2.05. The predicted molar refractivity (Wildman–Crippen MR) is 71.5 cm³/mol. The quantitative estimate of drug-likeness (QED) is 0.534. The van der Waals surface area contributed by atoms with Crippen LogP contribution in [0.2, 0.25) is 0 Å². The minimum atomic E-state index is 0.783. The Morgan fingerprint density at radius 3 is 2.83 bits per heavy atom. The fraction of sp³-hybridized carbons (Fsp3) is 0.154. The van der Waals surface area contributed by atoms with Crippen LogP contribution in [0.4, 0.5) is 0 Å². The molecule has 0 aliphatic carbocycles. The standard InChI is InChI=1S/C13H12N4S/c1-10-4-2-7-17-8-11(16-12(10)17)9-18-13-14-5-3-6-15-13/h2-8H,9H2,1H3. The van der Waals surface area contributed by atoms with E-state index in [9.17, 15) is 0 Å². The number of thioether (sulfide) groups is 1. The van der Waals surface area contributed by atoms with E-state index in [0.29, 0.717) is 0 Å². The average Bonchev–Trinajstić information content (AvgIpc) is 2.82. The van der Waals surface area contributed by atoms with Crippen LogP contribution in [0.25, 0.3) is 5.65 Å². The normalized spacial score (nSPS) is 10.9. The SMILES string of the molecule is Cc1cccn2cc(CSc3ncccn3)nc12. The molecule has 0 saturated heterocycles. The molecule has 3 aromatic heterocycles. The minimum absolute atomic E-state index is 0.783. The molecule has 5 heteroatoms. The lowest BCUT2D eigenvalue weighted by molar-refractivity contribution is 0.965. The van der Waals surface area contributed by atoms with E-state index in [1.807, 2.05) is 18.3 Å². The van der Waals surface area contributed by atoms with Crippen LogP contribution >= 0.6 is 11.8 Å². The van der Waals surface area contributed by atoms with E-state index in [0.717, 1.165) is 22.3 Å². The Hall–Kier alpha value is -1.88. The van der Waals surface area contributed by atoms with Gasteiger partial charge in [0.2, 0.25) is 0 Å². The van der Waals surface area contributed by atoms with Crippen LogP contribution in [0.15, 0.2) is 48.1 Å². The second kappa shape index (κ2) is 4.78. The van der Waals surface area contributed by atoms with Crippen molar-refractivity contribution in [2.75, 3.05) is 0 Å². The van der Waals surface area contributed by atoms with Crippen molar-refractivity contribution in [3.05, 3.63) is 54.2 Å². The molecule has 0 bridgehead atoms. The van der Waals surface area contributed by atoms with Gasteiger partial charge in [-0.2, -0.15) is 0 Å². The molecule has 0 saturated carbocycles. The maximum Gasteiger partial charge on any atom is 0.187 e. The van der Waals surface area contributed by atoms with Gasteiger partial charge < -0.3 is 4.40 Å². The van der Waals surface area contributed by atoms with Gasteiger partial charge >= 0.3 is 0 Å². The summed E-state index contributed by atoms with van der Waals surface area (Å²) < 4.78 is 2.05. The first kappa shape index (κ1) is 11.2. The van der Waals surface area contributed by atoms with E-state index in [1.54, 1.807) is 24.2 Å². The Bertz CT molecular complexity index is 663. The van der Waals surface area contributed by atoms with Gasteiger partial charge in [-0.05, 0) is 24.6 Å². The van der Waals surface area contributed by atoms with Gasteiger partial charge in [0.25, 0.3) is 0 Å². The van der Waals surface area contributed by atoms with Gasteiger partial charge in [-0.15, -0.1) is 0 Å². The maximum atomic E-state index is 4.61. The summed E-state index contributed by atoms with van der Waals surface area (Å²) in [5, 5.41) is 0.784. The topological polar surface area (TPSA) is 43.1 Å². The lowest BCUT2D eigenvalue weighted by Crippen LogP contribution is -1.85. The van der Waals surface area contributed by atoms with E-state index >= 15 is 0 Å². The molecule has 90 valence electrons. The smallest absolute Gasteiger partial charge is 0.187 e. The monoisotopic (exact) mass is 256 g/mol. The Kier molecular flexibility index (Phi) is 2.98. The Labute approximate surface area is 109 Å². The van der Waals surface area contributed by atoms with Gasteiger partial charge in [0.1, 0.15) is 5.65 Å². The van der Waals surface area contributed by atoms with Gasteiger partial charge in [0.15, 0.2) is 5.16 Å². The van der Waals surface area contributed by atoms with Gasteiger partial charge in [-0.25, -0.2) is 15.0 Å². The summed E-state index contributed by atoms with van der Waals surface area (Å²) in [6.45, 7) is 2.07. The van der Waals surface area contributed by atoms with Crippen molar-refractivity contribution in [3.63, 3.8) is 0 Å². The molecule has 0 fully saturated rings. The van der Waals surface area contributed by atoms with E-state index in [2.05, 4.69) is 38.5 Å². The van der Waals surface area contributed by atoms with Crippen molar-refractivity contribution in [3.8, 4) is 0 Å². The molecule has 3 rings (SSSR count). The Morgan fingerprint density at radius 2 is 2.06 bits per heavy atom. The summed E-state index contributed by atoms with van der Waals surface area (Å²) >= 11 is 1.60. The number of hydrogen-bond donors (Lipinski definition) is 0. The zero-order valence-corrected chi connectivity index (χ0v) is 10.8. The molecule has 0 aliphatic heterocycles. The molecule has 0 spiro atoms. The van der Waals surface area contributed by atoms with Crippen molar-refractivity contribution in [2.45, 2.75) is 17.8 Å². The fourth-order valence-electron chi connectivity index (χ4n) is 1.77. The first-order chi connectivity index (χ1) is 8.83. The largest absolute Gasteiger partial charge is 0.307 e. The zero-order valence-electron chi connectivity index (χ0n) is 9.95. The number of imidazole rings is 1. The first-order valence-corrected chi connectivity index (χ1v) is 6.64. The van der Waals surface area contributed by atoms with E-state index < -0.39 is 0 Å². The molecule has 0 atom stereocenters.